The van der Waals surface area contributed by atoms with Crippen LogP contribution in [0.3, 0.4) is 0 Å². The number of β-lactam (4-membered cyclic amide) rings is 1. The van der Waals surface area contributed by atoms with E-state index in [0.29, 0.717) is 19.6 Å². The van der Waals surface area contributed by atoms with Crippen molar-refractivity contribution in [2.45, 2.75) is 71.2 Å². The second-order valence-electron chi connectivity index (χ2n) is 8.08. The lowest BCUT2D eigenvalue weighted by molar-refractivity contribution is -0.162. The Bertz CT molecular complexity index is 358. The van der Waals surface area contributed by atoms with Crippen molar-refractivity contribution < 1.29 is 13.6 Å². The highest BCUT2D eigenvalue weighted by Crippen LogP contribution is 2.36. The minimum atomic E-state index is -1.72. The van der Waals surface area contributed by atoms with Crippen LogP contribution in [0.1, 0.15) is 27.2 Å². The second-order valence-corrected chi connectivity index (χ2v) is 17.4. The molecule has 0 radical (unpaired) electrons. The quantitative estimate of drug-likeness (QED) is 0.556. The normalized spacial score (nSPS) is 21.1. The molecule has 0 saturated carbocycles. The maximum Gasteiger partial charge on any atom is 0.229 e. The van der Waals surface area contributed by atoms with E-state index in [1.165, 1.54) is 0 Å². The molecule has 1 saturated heterocycles. The van der Waals surface area contributed by atoms with Gasteiger partial charge in [0.25, 0.3) is 0 Å². The second kappa shape index (κ2) is 5.90. The molecule has 6 heteroatoms. The van der Waals surface area contributed by atoms with Gasteiger partial charge in [-0.2, -0.15) is 0 Å². The standard InChI is InChI=1S/C14H31NO3Si2/c1-14(2,3)20(7,8)17-10-9-15-12(16)11-13(15)18-19(4,5)6/h13H,9-11H2,1-8H3/t13-/m1/s1. The lowest BCUT2D eigenvalue weighted by Gasteiger charge is -2.44. The summed E-state index contributed by atoms with van der Waals surface area (Å²) < 4.78 is 12.1. The maximum absolute atomic E-state index is 11.7. The highest BCUT2D eigenvalue weighted by atomic mass is 28.4. The molecule has 118 valence electrons. The summed E-state index contributed by atoms with van der Waals surface area (Å²) in [5, 5.41) is 0.209. The van der Waals surface area contributed by atoms with Gasteiger partial charge < -0.3 is 13.8 Å². The summed E-state index contributed by atoms with van der Waals surface area (Å²) in [5.41, 5.74) is 0. The molecule has 1 atom stereocenters. The molecular weight excluding hydrogens is 286 g/mol. The third kappa shape index (κ3) is 4.68. The van der Waals surface area contributed by atoms with Crippen LogP contribution in [0.2, 0.25) is 37.8 Å². The van der Waals surface area contributed by atoms with Gasteiger partial charge in [0.15, 0.2) is 16.6 Å². The molecule has 0 spiro atoms. The Kier molecular flexibility index (Phi) is 5.28. The van der Waals surface area contributed by atoms with Crippen molar-refractivity contribution in [1.29, 1.82) is 0 Å². The summed E-state index contributed by atoms with van der Waals surface area (Å²) in [4.78, 5) is 13.5. The van der Waals surface area contributed by atoms with E-state index in [-0.39, 0.29) is 17.2 Å². The van der Waals surface area contributed by atoms with Gasteiger partial charge in [0.05, 0.1) is 13.0 Å². The van der Waals surface area contributed by atoms with Gasteiger partial charge >= 0.3 is 0 Å². The first-order valence-corrected chi connectivity index (χ1v) is 13.8. The third-order valence-electron chi connectivity index (χ3n) is 4.11. The molecule has 0 N–H and O–H groups in total. The summed E-state index contributed by atoms with van der Waals surface area (Å²) in [7, 11) is -3.31. The van der Waals surface area contributed by atoms with E-state index in [0.717, 1.165) is 0 Å². The topological polar surface area (TPSA) is 38.8 Å². The average Bonchev–Trinajstić information content (AvgIpc) is 2.20. The van der Waals surface area contributed by atoms with Crippen LogP contribution in [0.4, 0.5) is 0 Å². The average molecular weight is 318 g/mol. The zero-order valence-corrected chi connectivity index (χ0v) is 16.4. The number of amides is 1. The number of hydrogen-bond donors (Lipinski definition) is 0. The molecule has 4 nitrogen and oxygen atoms in total. The molecule has 0 aromatic rings. The molecule has 0 aromatic heterocycles. The predicted molar refractivity (Wildman–Crippen MR) is 87.7 cm³/mol. The van der Waals surface area contributed by atoms with Crippen molar-refractivity contribution >= 4 is 22.5 Å². The highest BCUT2D eigenvalue weighted by Gasteiger charge is 2.41. The molecule has 20 heavy (non-hydrogen) atoms. The van der Waals surface area contributed by atoms with Crippen molar-refractivity contribution in [2.24, 2.45) is 0 Å². The van der Waals surface area contributed by atoms with Crippen molar-refractivity contribution in [3.8, 4) is 0 Å². The van der Waals surface area contributed by atoms with Crippen LogP contribution in [0.25, 0.3) is 0 Å². The van der Waals surface area contributed by atoms with Crippen LogP contribution in [-0.2, 0) is 13.6 Å². The third-order valence-corrected chi connectivity index (χ3v) is 9.63. The molecular formula is C14H31NO3Si2. The van der Waals surface area contributed by atoms with Crippen LogP contribution in [-0.4, -0.2) is 46.8 Å². The van der Waals surface area contributed by atoms with E-state index in [1.807, 2.05) is 4.90 Å². The fourth-order valence-electron chi connectivity index (χ4n) is 1.82. The largest absolute Gasteiger partial charge is 0.415 e. The minimum Gasteiger partial charge on any atom is -0.415 e. The lowest BCUT2D eigenvalue weighted by Crippen LogP contribution is -2.58. The van der Waals surface area contributed by atoms with Gasteiger partial charge in [0.2, 0.25) is 5.91 Å². The number of nitrogens with zero attached hydrogens (tertiary/aromatic N) is 1. The Balaban J connectivity index is 2.43. The Hall–Kier alpha value is -0.176. The van der Waals surface area contributed by atoms with Crippen molar-refractivity contribution in [3.05, 3.63) is 0 Å². The van der Waals surface area contributed by atoms with Crippen LogP contribution < -0.4 is 0 Å². The maximum atomic E-state index is 11.7. The van der Waals surface area contributed by atoms with E-state index < -0.39 is 16.6 Å². The lowest BCUT2D eigenvalue weighted by atomic mass is 10.2. The number of hydrogen-bond acceptors (Lipinski definition) is 3. The summed E-state index contributed by atoms with van der Waals surface area (Å²) in [5.74, 6) is 0.187. The number of rotatable bonds is 6. The first-order chi connectivity index (χ1) is 8.83. The molecule has 1 fully saturated rings. The van der Waals surface area contributed by atoms with Gasteiger partial charge in [0, 0.05) is 6.54 Å². The molecule has 1 aliphatic rings. The van der Waals surface area contributed by atoms with Gasteiger partial charge in [-0.1, -0.05) is 20.8 Å². The summed E-state index contributed by atoms with van der Waals surface area (Å²) in [6.07, 6.45) is 0.516. The number of likely N-dealkylation sites (tertiary alicyclic amines) is 1. The first-order valence-electron chi connectivity index (χ1n) is 7.45. The molecule has 1 amide bonds. The molecule has 0 aromatic carbocycles. The zero-order valence-electron chi connectivity index (χ0n) is 14.4. The molecule has 1 heterocycles. The fourth-order valence-corrected chi connectivity index (χ4v) is 3.88. The summed E-state index contributed by atoms with van der Waals surface area (Å²) in [6.45, 7) is 18.9. The number of carbonyl (C=O) groups is 1. The van der Waals surface area contributed by atoms with Gasteiger partial charge in [-0.15, -0.1) is 0 Å². The first kappa shape index (κ1) is 17.9. The van der Waals surface area contributed by atoms with Crippen LogP contribution in [0.15, 0.2) is 0 Å². The highest BCUT2D eigenvalue weighted by molar-refractivity contribution is 6.74. The van der Waals surface area contributed by atoms with Gasteiger partial charge in [-0.3, -0.25) is 4.79 Å². The van der Waals surface area contributed by atoms with Crippen molar-refractivity contribution in [3.63, 3.8) is 0 Å². The van der Waals surface area contributed by atoms with Crippen molar-refractivity contribution in [1.82, 2.24) is 4.90 Å². The summed E-state index contributed by atoms with van der Waals surface area (Å²) in [6, 6.07) is 0. The van der Waals surface area contributed by atoms with Crippen LogP contribution >= 0.6 is 0 Å². The Morgan fingerprint density at radius 1 is 1.20 bits per heavy atom. The van der Waals surface area contributed by atoms with E-state index in [2.05, 4.69) is 53.5 Å². The van der Waals surface area contributed by atoms with E-state index in [4.69, 9.17) is 8.85 Å². The van der Waals surface area contributed by atoms with Crippen LogP contribution in [0, 0.1) is 0 Å². The monoisotopic (exact) mass is 317 g/mol. The van der Waals surface area contributed by atoms with Gasteiger partial charge in [-0.05, 0) is 37.8 Å². The molecule has 0 unspecified atom stereocenters. The van der Waals surface area contributed by atoms with E-state index in [1.54, 1.807) is 0 Å². The molecule has 1 rings (SSSR count). The van der Waals surface area contributed by atoms with E-state index in [9.17, 15) is 4.79 Å². The molecule has 0 aliphatic carbocycles. The van der Waals surface area contributed by atoms with Gasteiger partial charge in [-0.25, -0.2) is 0 Å². The number of carbonyl (C=O) groups excluding carboxylic acids is 1. The Labute approximate surface area is 126 Å². The summed E-state index contributed by atoms with van der Waals surface area (Å²) >= 11 is 0. The van der Waals surface area contributed by atoms with Crippen molar-refractivity contribution in [2.75, 3.05) is 13.2 Å². The Morgan fingerprint density at radius 2 is 1.75 bits per heavy atom. The zero-order chi connectivity index (χ0) is 15.8. The molecule has 0 bridgehead atoms. The predicted octanol–water partition coefficient (Wildman–Crippen LogP) is 3.42. The molecule has 1 aliphatic heterocycles. The smallest absolute Gasteiger partial charge is 0.229 e. The minimum absolute atomic E-state index is 0.0165. The Morgan fingerprint density at radius 3 is 2.15 bits per heavy atom. The van der Waals surface area contributed by atoms with Gasteiger partial charge in [0.1, 0.15) is 6.23 Å². The van der Waals surface area contributed by atoms with Crippen LogP contribution in [0.5, 0.6) is 0 Å². The van der Waals surface area contributed by atoms with E-state index >= 15 is 0 Å². The SMILES string of the molecule is CC(C)(C)[Si](C)(C)OCCN1C(=O)C[C@H]1O[Si](C)(C)C. The fraction of sp³-hybridized carbons (Fsp3) is 0.929.